The van der Waals surface area contributed by atoms with Gasteiger partial charge in [-0.2, -0.15) is 0 Å². The summed E-state index contributed by atoms with van der Waals surface area (Å²) in [5.74, 6) is -0.320. The van der Waals surface area contributed by atoms with E-state index >= 15 is 0 Å². The summed E-state index contributed by atoms with van der Waals surface area (Å²) in [7, 11) is 2.31. The van der Waals surface area contributed by atoms with E-state index in [9.17, 15) is 4.79 Å². The minimum absolute atomic E-state index is 0.203. The zero-order valence-corrected chi connectivity index (χ0v) is 17.3. The molecule has 2 unspecified atom stereocenters. The second-order valence-electron chi connectivity index (χ2n) is 8.66. The molecule has 4 heteroatoms. The van der Waals surface area contributed by atoms with E-state index in [1.165, 1.54) is 12.8 Å². The van der Waals surface area contributed by atoms with Crippen LogP contribution in [-0.2, 0) is 10.2 Å². The molecule has 0 bridgehead atoms. The number of likely N-dealkylation sites (tertiary alicyclic amines) is 1. The van der Waals surface area contributed by atoms with Crippen molar-refractivity contribution in [2.75, 3.05) is 20.1 Å². The van der Waals surface area contributed by atoms with Crippen molar-refractivity contribution >= 4 is 17.5 Å². The van der Waals surface area contributed by atoms with Crippen molar-refractivity contribution in [3.05, 3.63) is 70.7 Å². The lowest BCUT2D eigenvalue weighted by Gasteiger charge is -2.44. The topological polar surface area (TPSA) is 43.1 Å². The van der Waals surface area contributed by atoms with Gasteiger partial charge in [0.1, 0.15) is 5.41 Å². The summed E-state index contributed by atoms with van der Waals surface area (Å²) in [6, 6.07) is 17.5. The van der Waals surface area contributed by atoms with Crippen molar-refractivity contribution in [1.82, 2.24) is 0 Å². The Hall–Kier alpha value is -1.84. The smallest absolute Gasteiger partial charge is 0.232 e. The summed E-state index contributed by atoms with van der Waals surface area (Å²) in [6.07, 6.45) is 3.08. The lowest BCUT2D eigenvalue weighted by Crippen LogP contribution is -2.57. The van der Waals surface area contributed by atoms with E-state index in [1.54, 1.807) is 0 Å². The maximum Gasteiger partial charge on any atom is 0.232 e. The van der Waals surface area contributed by atoms with Crippen molar-refractivity contribution in [1.29, 1.82) is 0 Å². The number of carbonyl (C=O) groups excluding carboxylic acids is 1. The molecule has 144 valence electrons. The van der Waals surface area contributed by atoms with Gasteiger partial charge in [0.25, 0.3) is 0 Å². The molecule has 1 fully saturated rings. The first-order valence-electron chi connectivity index (χ1n) is 9.67. The lowest BCUT2D eigenvalue weighted by atomic mass is 9.71. The second-order valence-corrected chi connectivity index (χ2v) is 9.09. The van der Waals surface area contributed by atoms with E-state index in [0.29, 0.717) is 11.4 Å². The van der Waals surface area contributed by atoms with Gasteiger partial charge in [-0.25, -0.2) is 0 Å². The molecule has 27 heavy (non-hydrogen) atoms. The summed E-state index contributed by atoms with van der Waals surface area (Å²) in [4.78, 5) is 13.0. The average Bonchev–Trinajstić information content (AvgIpc) is 2.89. The number of halogens is 1. The van der Waals surface area contributed by atoms with Gasteiger partial charge in [-0.15, -0.1) is 0 Å². The summed E-state index contributed by atoms with van der Waals surface area (Å²) < 4.78 is 0.954. The van der Waals surface area contributed by atoms with Gasteiger partial charge >= 0.3 is 0 Å². The maximum atomic E-state index is 13.0. The number of quaternary nitrogens is 1. The number of nitrogens with zero attached hydrogens (tertiary/aromatic N) is 1. The Balaban J connectivity index is 2.09. The molecule has 0 aliphatic carbocycles. The van der Waals surface area contributed by atoms with E-state index in [0.717, 1.165) is 28.7 Å². The Labute approximate surface area is 167 Å². The van der Waals surface area contributed by atoms with Crippen molar-refractivity contribution < 1.29 is 9.28 Å². The largest absolute Gasteiger partial charge is 0.369 e. The normalized spacial score (nSPS) is 23.7. The summed E-state index contributed by atoms with van der Waals surface area (Å²) >= 11 is 6.29. The van der Waals surface area contributed by atoms with E-state index in [1.807, 2.05) is 54.6 Å². The van der Waals surface area contributed by atoms with Gasteiger partial charge in [-0.1, -0.05) is 54.1 Å². The Morgan fingerprint density at radius 1 is 1.15 bits per heavy atom. The summed E-state index contributed by atoms with van der Waals surface area (Å²) in [6.45, 7) is 6.67. The van der Waals surface area contributed by atoms with Gasteiger partial charge in [0.2, 0.25) is 5.91 Å². The number of nitrogens with two attached hydrogens (primary N) is 1. The van der Waals surface area contributed by atoms with Crippen LogP contribution in [0.5, 0.6) is 0 Å². The standard InChI is InChI=1S/C23H29ClN2O/c1-22(2)13-8-15-26(22,3)16-14-23(21(25)27,18-9-5-4-6-10-18)19-11-7-12-20(24)17-19/h4-7,9-12,17H,8,13-16H2,1-3H3,(H-,25,27)/p+1. The molecule has 3 nitrogen and oxygen atoms in total. The predicted octanol–water partition coefficient (Wildman–Crippen LogP) is 4.52. The first-order valence-corrected chi connectivity index (χ1v) is 10.1. The highest BCUT2D eigenvalue weighted by Gasteiger charge is 2.48. The van der Waals surface area contributed by atoms with Gasteiger partial charge in [0.05, 0.1) is 25.7 Å². The van der Waals surface area contributed by atoms with E-state index < -0.39 is 5.41 Å². The molecule has 1 amide bonds. The van der Waals surface area contributed by atoms with Crippen molar-refractivity contribution in [3.8, 4) is 0 Å². The number of rotatable bonds is 6. The van der Waals surface area contributed by atoms with Crippen molar-refractivity contribution in [2.24, 2.45) is 5.73 Å². The van der Waals surface area contributed by atoms with Crippen LogP contribution in [0.3, 0.4) is 0 Å². The Bertz CT molecular complexity index is 820. The zero-order valence-electron chi connectivity index (χ0n) is 16.5. The third-order valence-electron chi connectivity index (χ3n) is 6.89. The van der Waals surface area contributed by atoms with Gasteiger partial charge < -0.3 is 10.2 Å². The molecule has 1 aliphatic heterocycles. The minimum Gasteiger partial charge on any atom is -0.369 e. The molecule has 1 heterocycles. The first kappa shape index (κ1) is 19.9. The fraction of sp³-hybridized carbons (Fsp3) is 0.435. The molecule has 2 N–H and O–H groups in total. The highest BCUT2D eigenvalue weighted by atomic mass is 35.5. The molecule has 0 aromatic heterocycles. The SMILES string of the molecule is CC1(C)CCC[N+]1(C)CCC(C(N)=O)(c1ccccc1)c1cccc(Cl)c1. The van der Waals surface area contributed by atoms with Crippen LogP contribution in [0.25, 0.3) is 0 Å². The van der Waals surface area contributed by atoms with Crippen LogP contribution in [0.15, 0.2) is 54.6 Å². The van der Waals surface area contributed by atoms with Crippen LogP contribution < -0.4 is 5.73 Å². The molecule has 3 rings (SSSR count). The molecule has 2 aromatic rings. The van der Waals surface area contributed by atoms with Crippen LogP contribution in [0.1, 0.15) is 44.2 Å². The number of hydrogen-bond donors (Lipinski definition) is 1. The molecule has 0 spiro atoms. The molecule has 2 atom stereocenters. The van der Waals surface area contributed by atoms with Crippen LogP contribution in [0.2, 0.25) is 5.02 Å². The van der Waals surface area contributed by atoms with Crippen LogP contribution >= 0.6 is 11.6 Å². The minimum atomic E-state index is -0.883. The number of primary amides is 1. The van der Waals surface area contributed by atoms with Crippen LogP contribution in [-0.4, -0.2) is 36.1 Å². The van der Waals surface area contributed by atoms with Gasteiger partial charge in [-0.3, -0.25) is 4.79 Å². The monoisotopic (exact) mass is 385 g/mol. The first-order chi connectivity index (χ1) is 12.7. The van der Waals surface area contributed by atoms with Gasteiger partial charge in [0.15, 0.2) is 0 Å². The number of benzene rings is 2. The molecule has 0 radical (unpaired) electrons. The zero-order chi connectivity index (χ0) is 19.7. The summed E-state index contributed by atoms with van der Waals surface area (Å²) in [5, 5.41) is 0.621. The number of hydrogen-bond acceptors (Lipinski definition) is 1. The lowest BCUT2D eigenvalue weighted by molar-refractivity contribution is -0.943. The maximum absolute atomic E-state index is 13.0. The molecule has 2 aromatic carbocycles. The number of carbonyl (C=O) groups is 1. The van der Waals surface area contributed by atoms with Crippen molar-refractivity contribution in [3.63, 3.8) is 0 Å². The summed E-state index contributed by atoms with van der Waals surface area (Å²) in [5.41, 5.74) is 7.22. The Kier molecular flexibility index (Phi) is 5.38. The third-order valence-corrected chi connectivity index (χ3v) is 7.12. The molecule has 1 saturated heterocycles. The second kappa shape index (κ2) is 7.29. The van der Waals surface area contributed by atoms with Crippen molar-refractivity contribution in [2.45, 2.75) is 44.1 Å². The molecular formula is C23H30ClN2O+. The van der Waals surface area contributed by atoms with Crippen LogP contribution in [0.4, 0.5) is 0 Å². The fourth-order valence-electron chi connectivity index (χ4n) is 4.60. The fourth-order valence-corrected chi connectivity index (χ4v) is 4.79. The van der Waals surface area contributed by atoms with Gasteiger partial charge in [-0.05, 0) is 37.1 Å². The van der Waals surface area contributed by atoms with Gasteiger partial charge in [0, 0.05) is 24.3 Å². The number of amides is 1. The van der Waals surface area contributed by atoms with E-state index in [4.69, 9.17) is 17.3 Å². The average molecular weight is 386 g/mol. The van der Waals surface area contributed by atoms with E-state index in [-0.39, 0.29) is 11.4 Å². The highest BCUT2D eigenvalue weighted by Crippen LogP contribution is 2.41. The van der Waals surface area contributed by atoms with E-state index in [2.05, 4.69) is 20.9 Å². The Morgan fingerprint density at radius 2 is 1.81 bits per heavy atom. The molecular weight excluding hydrogens is 356 g/mol. The van der Waals surface area contributed by atoms with Crippen LogP contribution in [0, 0.1) is 0 Å². The highest BCUT2D eigenvalue weighted by molar-refractivity contribution is 6.30. The predicted molar refractivity (Wildman–Crippen MR) is 112 cm³/mol. The Morgan fingerprint density at radius 3 is 2.37 bits per heavy atom. The third kappa shape index (κ3) is 3.51. The molecule has 1 aliphatic rings. The molecule has 0 saturated carbocycles. The quantitative estimate of drug-likeness (QED) is 0.730.